The fourth-order valence-corrected chi connectivity index (χ4v) is 0.647. The molecule has 0 heterocycles. The van der Waals surface area contributed by atoms with E-state index in [-0.39, 0.29) is 0 Å². The Kier molecular flexibility index (Phi) is 4.70. The Morgan fingerprint density at radius 3 is 2.31 bits per heavy atom. The van der Waals surface area contributed by atoms with E-state index in [4.69, 9.17) is 10.8 Å². The topological polar surface area (TPSA) is 142 Å². The van der Waals surface area contributed by atoms with Crippen LogP contribution in [0.1, 0.15) is 13.8 Å². The van der Waals surface area contributed by atoms with Crippen LogP contribution < -0.4 is 16.4 Å². The van der Waals surface area contributed by atoms with Gasteiger partial charge >= 0.3 is 12.0 Å². The van der Waals surface area contributed by atoms with Crippen molar-refractivity contribution in [3.8, 4) is 0 Å². The third-order valence-electron chi connectivity index (χ3n) is 1.83. The molecule has 0 fully saturated rings. The Hall–Kier alpha value is -1.83. The van der Waals surface area contributed by atoms with Gasteiger partial charge in [0.15, 0.2) is 5.60 Å². The Bertz CT molecular complexity index is 302. The predicted molar refractivity (Wildman–Crippen MR) is 53.5 cm³/mol. The summed E-state index contributed by atoms with van der Waals surface area (Å²) in [5.74, 6) is -2.18. The number of rotatable bonds is 5. The van der Waals surface area contributed by atoms with Gasteiger partial charge in [0.1, 0.15) is 6.04 Å². The summed E-state index contributed by atoms with van der Waals surface area (Å²) in [5, 5.41) is 22.0. The van der Waals surface area contributed by atoms with Gasteiger partial charge in [-0.05, 0) is 13.8 Å². The number of amides is 3. The molecule has 0 bridgehead atoms. The normalized spacial score (nSPS) is 15.7. The second-order valence-electron chi connectivity index (χ2n) is 3.53. The van der Waals surface area contributed by atoms with Crippen LogP contribution in [0.15, 0.2) is 0 Å². The van der Waals surface area contributed by atoms with Gasteiger partial charge in [-0.25, -0.2) is 9.59 Å². The van der Waals surface area contributed by atoms with Gasteiger partial charge in [0, 0.05) is 0 Å². The summed E-state index contributed by atoms with van der Waals surface area (Å²) >= 11 is 0. The van der Waals surface area contributed by atoms with E-state index in [1.807, 2.05) is 0 Å². The molecular weight excluding hydrogens is 218 g/mol. The molecule has 2 unspecified atom stereocenters. The van der Waals surface area contributed by atoms with Crippen LogP contribution in [0.2, 0.25) is 0 Å². The molecule has 8 heteroatoms. The molecule has 0 radical (unpaired) electrons. The van der Waals surface area contributed by atoms with Crippen molar-refractivity contribution >= 4 is 17.9 Å². The van der Waals surface area contributed by atoms with Crippen molar-refractivity contribution < 1.29 is 24.6 Å². The Balaban J connectivity index is 4.09. The van der Waals surface area contributed by atoms with Crippen LogP contribution in [0.4, 0.5) is 4.79 Å². The van der Waals surface area contributed by atoms with Crippen LogP contribution in [-0.2, 0) is 9.59 Å². The van der Waals surface area contributed by atoms with E-state index in [9.17, 15) is 19.5 Å². The lowest BCUT2D eigenvalue weighted by molar-refractivity contribution is -0.155. The summed E-state index contributed by atoms with van der Waals surface area (Å²) in [7, 11) is 0. The SMILES string of the molecule is CC(NC(=O)NCC(C)(O)C(=O)O)C(N)=O. The van der Waals surface area contributed by atoms with Gasteiger partial charge in [-0.1, -0.05) is 0 Å². The monoisotopic (exact) mass is 233 g/mol. The fourth-order valence-electron chi connectivity index (χ4n) is 0.647. The molecule has 2 atom stereocenters. The lowest BCUT2D eigenvalue weighted by Gasteiger charge is -2.19. The summed E-state index contributed by atoms with van der Waals surface area (Å²) in [4.78, 5) is 32.1. The van der Waals surface area contributed by atoms with Gasteiger partial charge in [-0.15, -0.1) is 0 Å². The molecule has 0 rings (SSSR count). The van der Waals surface area contributed by atoms with Crippen LogP contribution in [-0.4, -0.2) is 46.3 Å². The zero-order valence-corrected chi connectivity index (χ0v) is 8.98. The Labute approximate surface area is 91.8 Å². The number of carboxylic acid groups (broad SMARTS) is 1. The van der Waals surface area contributed by atoms with Crippen LogP contribution in [0, 0.1) is 0 Å². The number of hydrogen-bond donors (Lipinski definition) is 5. The highest BCUT2D eigenvalue weighted by Crippen LogP contribution is 2.00. The van der Waals surface area contributed by atoms with Crippen molar-refractivity contribution in [1.82, 2.24) is 10.6 Å². The second kappa shape index (κ2) is 5.31. The quantitative estimate of drug-likeness (QED) is 0.373. The summed E-state index contributed by atoms with van der Waals surface area (Å²) in [6.07, 6.45) is 0. The first-order valence-corrected chi connectivity index (χ1v) is 4.46. The first kappa shape index (κ1) is 14.2. The fraction of sp³-hybridized carbons (Fsp3) is 0.625. The maximum atomic E-state index is 11.1. The summed E-state index contributed by atoms with van der Waals surface area (Å²) < 4.78 is 0. The van der Waals surface area contributed by atoms with E-state index < -0.39 is 36.1 Å². The molecule has 0 aliphatic heterocycles. The van der Waals surface area contributed by atoms with Gasteiger partial charge in [-0.3, -0.25) is 4.79 Å². The van der Waals surface area contributed by atoms with Gasteiger partial charge in [0.25, 0.3) is 0 Å². The molecule has 0 saturated carbocycles. The van der Waals surface area contributed by atoms with E-state index in [2.05, 4.69) is 10.6 Å². The maximum Gasteiger partial charge on any atom is 0.337 e. The number of aliphatic hydroxyl groups is 1. The third kappa shape index (κ3) is 4.60. The number of hydrogen-bond acceptors (Lipinski definition) is 4. The summed E-state index contributed by atoms with van der Waals surface area (Å²) in [6, 6.07) is -1.66. The Morgan fingerprint density at radius 1 is 1.44 bits per heavy atom. The van der Waals surface area contributed by atoms with Gasteiger partial charge in [0.05, 0.1) is 6.54 Å². The molecule has 0 aromatic carbocycles. The zero-order valence-electron chi connectivity index (χ0n) is 8.98. The van der Waals surface area contributed by atoms with E-state index in [1.165, 1.54) is 6.92 Å². The molecule has 0 saturated heterocycles. The van der Waals surface area contributed by atoms with E-state index in [0.29, 0.717) is 0 Å². The first-order valence-electron chi connectivity index (χ1n) is 4.46. The van der Waals surface area contributed by atoms with Crippen molar-refractivity contribution in [2.75, 3.05) is 6.54 Å². The van der Waals surface area contributed by atoms with Crippen LogP contribution in [0.25, 0.3) is 0 Å². The smallest absolute Gasteiger partial charge is 0.337 e. The van der Waals surface area contributed by atoms with Gasteiger partial charge in [0.2, 0.25) is 5.91 Å². The number of nitrogens with one attached hydrogen (secondary N) is 2. The van der Waals surface area contributed by atoms with Crippen molar-refractivity contribution in [2.45, 2.75) is 25.5 Å². The predicted octanol–water partition coefficient (Wildman–Crippen LogP) is -2.00. The summed E-state index contributed by atoms with van der Waals surface area (Å²) in [6.45, 7) is 1.92. The molecule has 0 aliphatic carbocycles. The third-order valence-corrected chi connectivity index (χ3v) is 1.83. The van der Waals surface area contributed by atoms with Crippen LogP contribution in [0.5, 0.6) is 0 Å². The van der Waals surface area contributed by atoms with Gasteiger partial charge in [-0.2, -0.15) is 0 Å². The van der Waals surface area contributed by atoms with Crippen LogP contribution in [0.3, 0.4) is 0 Å². The zero-order chi connectivity index (χ0) is 12.9. The van der Waals surface area contributed by atoms with Crippen molar-refractivity contribution in [2.24, 2.45) is 5.73 Å². The number of carbonyl (C=O) groups is 3. The molecule has 16 heavy (non-hydrogen) atoms. The van der Waals surface area contributed by atoms with E-state index >= 15 is 0 Å². The van der Waals surface area contributed by atoms with E-state index in [0.717, 1.165) is 6.92 Å². The molecule has 0 aliphatic rings. The van der Waals surface area contributed by atoms with Crippen molar-refractivity contribution in [3.05, 3.63) is 0 Å². The number of nitrogens with two attached hydrogens (primary N) is 1. The highest BCUT2D eigenvalue weighted by molar-refractivity contribution is 5.86. The van der Waals surface area contributed by atoms with Crippen molar-refractivity contribution in [1.29, 1.82) is 0 Å². The molecule has 3 amide bonds. The number of primary amides is 1. The van der Waals surface area contributed by atoms with Crippen LogP contribution >= 0.6 is 0 Å². The Morgan fingerprint density at radius 2 is 1.94 bits per heavy atom. The molecular formula is C8H15N3O5. The standard InChI is InChI=1S/C8H15N3O5/c1-4(5(9)12)11-7(15)10-3-8(2,16)6(13)14/h4,16H,3H2,1-2H3,(H2,9,12)(H,13,14)(H2,10,11,15). The average molecular weight is 233 g/mol. The molecule has 0 aromatic rings. The molecule has 0 spiro atoms. The second-order valence-corrected chi connectivity index (χ2v) is 3.53. The number of carbonyl (C=O) groups excluding carboxylic acids is 2. The number of urea groups is 1. The minimum atomic E-state index is -2.06. The maximum absolute atomic E-state index is 11.1. The first-order chi connectivity index (χ1) is 7.16. The highest BCUT2D eigenvalue weighted by Gasteiger charge is 2.30. The summed E-state index contributed by atoms with van der Waals surface area (Å²) in [5.41, 5.74) is 2.83. The average Bonchev–Trinajstić information content (AvgIpc) is 2.14. The lowest BCUT2D eigenvalue weighted by Crippen LogP contribution is -2.52. The minimum absolute atomic E-state index is 0.486. The molecule has 0 aromatic heterocycles. The molecule has 8 nitrogen and oxygen atoms in total. The van der Waals surface area contributed by atoms with Crippen molar-refractivity contribution in [3.63, 3.8) is 0 Å². The lowest BCUT2D eigenvalue weighted by atomic mass is 10.1. The molecule has 92 valence electrons. The largest absolute Gasteiger partial charge is 0.479 e. The highest BCUT2D eigenvalue weighted by atomic mass is 16.4. The van der Waals surface area contributed by atoms with Gasteiger partial charge < -0.3 is 26.6 Å². The number of aliphatic carboxylic acids is 1. The van der Waals surface area contributed by atoms with E-state index in [1.54, 1.807) is 0 Å². The number of carboxylic acids is 1. The minimum Gasteiger partial charge on any atom is -0.479 e. The molecule has 6 N–H and O–H groups in total.